The van der Waals surface area contributed by atoms with Gasteiger partial charge in [-0.05, 0) is 35.8 Å². The molecule has 4 heteroatoms. The van der Waals surface area contributed by atoms with Crippen LogP contribution in [-0.4, -0.2) is 36.6 Å². The highest BCUT2D eigenvalue weighted by Crippen LogP contribution is 2.47. The van der Waals surface area contributed by atoms with E-state index in [4.69, 9.17) is 4.74 Å². The highest BCUT2D eigenvalue weighted by atomic mass is 127. The van der Waals surface area contributed by atoms with Gasteiger partial charge >= 0.3 is 5.97 Å². The first kappa shape index (κ1) is 17.0. The van der Waals surface area contributed by atoms with E-state index < -0.39 is 0 Å². The number of ether oxygens (including phenoxy) is 1. The van der Waals surface area contributed by atoms with Gasteiger partial charge in [-0.25, -0.2) is 0 Å². The average molecular weight is 424 g/mol. The van der Waals surface area contributed by atoms with Crippen LogP contribution in [0.1, 0.15) is 36.3 Å². The fraction of sp³-hybridized carbons (Fsp3) is 0.526. The third-order valence-electron chi connectivity index (χ3n) is 5.45. The van der Waals surface area contributed by atoms with Crippen LogP contribution in [0.15, 0.2) is 34.4 Å². The molecule has 4 atom stereocenters. The Morgan fingerprint density at radius 1 is 1.35 bits per heavy atom. The maximum absolute atomic E-state index is 12.6. The lowest BCUT2D eigenvalue weighted by atomic mass is 9.75. The summed E-state index contributed by atoms with van der Waals surface area (Å²) in [5.41, 5.74) is 2.54. The van der Waals surface area contributed by atoms with Gasteiger partial charge in [-0.2, -0.15) is 0 Å². The summed E-state index contributed by atoms with van der Waals surface area (Å²) in [4.78, 5) is 15.1. The minimum atomic E-state index is -0.0518. The Morgan fingerprint density at radius 3 is 2.74 bits per heavy atom. The topological polar surface area (TPSA) is 29.5 Å². The van der Waals surface area contributed by atoms with Gasteiger partial charge in [-0.3, -0.25) is 9.69 Å². The fourth-order valence-electron chi connectivity index (χ4n) is 4.37. The number of esters is 1. The summed E-state index contributed by atoms with van der Waals surface area (Å²) in [6.07, 6.45) is 5.53. The number of benzene rings is 1. The number of piperidine rings is 1. The van der Waals surface area contributed by atoms with Crippen molar-refractivity contribution < 1.29 is 9.53 Å². The van der Waals surface area contributed by atoms with E-state index in [2.05, 4.69) is 68.8 Å². The highest BCUT2D eigenvalue weighted by molar-refractivity contribution is 14.1. The van der Waals surface area contributed by atoms with E-state index in [1.54, 1.807) is 0 Å². The molecule has 1 aromatic carbocycles. The smallest absolute Gasteiger partial charge is 0.310 e. The van der Waals surface area contributed by atoms with E-state index in [-0.39, 0.29) is 17.8 Å². The van der Waals surface area contributed by atoms with Crippen molar-refractivity contribution in [1.82, 2.24) is 4.90 Å². The van der Waals surface area contributed by atoms with E-state index >= 15 is 0 Å². The minimum absolute atomic E-state index is 0.0515. The average Bonchev–Trinajstić information content (AvgIpc) is 2.84. The molecule has 3 nitrogen and oxygen atoms in total. The molecule has 2 heterocycles. The van der Waals surface area contributed by atoms with Crippen molar-refractivity contribution in [2.75, 3.05) is 13.7 Å². The van der Waals surface area contributed by atoms with Gasteiger partial charge in [0.1, 0.15) is 0 Å². The quantitative estimate of drug-likeness (QED) is 0.540. The molecule has 0 radical (unpaired) electrons. The number of methoxy groups -OCH3 is 1. The number of hydrogen-bond donors (Lipinski definition) is 0. The molecule has 2 saturated heterocycles. The molecule has 2 fully saturated rings. The summed E-state index contributed by atoms with van der Waals surface area (Å²) in [5.74, 6) is 0.175. The molecule has 23 heavy (non-hydrogen) atoms. The van der Waals surface area contributed by atoms with E-state index in [0.717, 1.165) is 19.4 Å². The Balaban J connectivity index is 1.91. The third kappa shape index (κ3) is 3.33. The van der Waals surface area contributed by atoms with Crippen LogP contribution in [0, 0.1) is 12.8 Å². The summed E-state index contributed by atoms with van der Waals surface area (Å²) in [5, 5.41) is 0. The van der Waals surface area contributed by atoms with Gasteiger partial charge in [-0.15, -0.1) is 0 Å². The van der Waals surface area contributed by atoms with Gasteiger partial charge in [-0.1, -0.05) is 58.5 Å². The Kier molecular flexibility index (Phi) is 5.42. The van der Waals surface area contributed by atoms with Crippen LogP contribution in [0.3, 0.4) is 0 Å². The second-order valence-corrected chi connectivity index (χ2v) is 7.38. The maximum atomic E-state index is 12.6. The Bertz CT molecular complexity index is 584. The van der Waals surface area contributed by atoms with Crippen LogP contribution in [0.5, 0.6) is 0 Å². The standard InChI is InChI=1S/C19H24INO2/c1-13-4-6-14(7-5-13)16-12-15-8-9-17(18(16)19(22)23-2)21(15)11-3-10-20/h3-7,10,15-18H,8-9,11-12H2,1-2H3/b10-3+/t15-,16-,17+,18-/m0/s1/i2-1. The van der Waals surface area contributed by atoms with Crippen molar-refractivity contribution in [2.45, 2.75) is 44.2 Å². The molecule has 0 unspecified atom stereocenters. The number of hydrogen-bond acceptors (Lipinski definition) is 3. The second-order valence-electron chi connectivity index (χ2n) is 6.66. The van der Waals surface area contributed by atoms with Crippen LogP contribution in [0.2, 0.25) is 0 Å². The van der Waals surface area contributed by atoms with Crippen molar-refractivity contribution in [2.24, 2.45) is 5.92 Å². The number of fused-ring (bicyclic) bond motifs is 2. The molecule has 124 valence electrons. The summed E-state index contributed by atoms with van der Waals surface area (Å²) in [6, 6.07) is 9.57. The Labute approximate surface area is 152 Å². The molecule has 0 spiro atoms. The first-order valence-corrected chi connectivity index (χ1v) is 9.55. The normalized spacial score (nSPS) is 30.7. The highest BCUT2D eigenvalue weighted by Gasteiger charge is 2.50. The first-order chi connectivity index (χ1) is 11.2. The van der Waals surface area contributed by atoms with Crippen LogP contribution in [-0.2, 0) is 9.53 Å². The van der Waals surface area contributed by atoms with Gasteiger partial charge in [0.15, 0.2) is 0 Å². The van der Waals surface area contributed by atoms with Crippen molar-refractivity contribution >= 4 is 28.6 Å². The van der Waals surface area contributed by atoms with Crippen molar-refractivity contribution in [3.63, 3.8) is 0 Å². The lowest BCUT2D eigenvalue weighted by Gasteiger charge is -2.43. The molecule has 2 aliphatic heterocycles. The molecule has 3 rings (SSSR count). The van der Waals surface area contributed by atoms with E-state index in [1.807, 2.05) is 0 Å². The number of rotatable bonds is 4. The van der Waals surface area contributed by atoms with E-state index in [1.165, 1.54) is 24.7 Å². The number of carbonyl (C=O) groups is 1. The maximum Gasteiger partial charge on any atom is 0.310 e. The summed E-state index contributed by atoms with van der Waals surface area (Å²) >= 11 is 2.26. The van der Waals surface area contributed by atoms with Crippen LogP contribution in [0.25, 0.3) is 0 Å². The van der Waals surface area contributed by atoms with E-state index in [9.17, 15) is 4.79 Å². The Hall–Kier alpha value is -0.880. The van der Waals surface area contributed by atoms with Crippen LogP contribution in [0.4, 0.5) is 0 Å². The minimum Gasteiger partial charge on any atom is -0.469 e. The molecule has 0 saturated carbocycles. The first-order valence-electron chi connectivity index (χ1n) is 8.31. The van der Waals surface area contributed by atoms with Gasteiger partial charge in [0, 0.05) is 24.5 Å². The predicted molar refractivity (Wildman–Crippen MR) is 101 cm³/mol. The zero-order valence-electron chi connectivity index (χ0n) is 13.7. The molecule has 0 amide bonds. The third-order valence-corrected chi connectivity index (χ3v) is 5.96. The van der Waals surface area contributed by atoms with Crippen molar-refractivity contribution in [1.29, 1.82) is 0 Å². The molecular formula is C19H24INO2. The molecular weight excluding hydrogens is 400 g/mol. The summed E-state index contributed by atoms with van der Waals surface area (Å²) < 4.78 is 7.25. The molecule has 0 aliphatic carbocycles. The van der Waals surface area contributed by atoms with E-state index in [0.29, 0.717) is 12.1 Å². The fourth-order valence-corrected chi connectivity index (χ4v) is 4.60. The SMILES string of the molecule is Cc1ccc([C@@H]2C[C@@H]3CC[C@H]([C@H]2C(=O)O[11CH3])N3C/C=C/I)cc1. The number of carbonyl (C=O) groups excluding carboxylic acids is 1. The molecule has 0 aromatic heterocycles. The van der Waals surface area contributed by atoms with Crippen molar-refractivity contribution in [3.8, 4) is 0 Å². The van der Waals surface area contributed by atoms with Crippen molar-refractivity contribution in [3.05, 3.63) is 45.6 Å². The summed E-state index contributed by atoms with van der Waals surface area (Å²) in [6.45, 7) is 3.04. The molecule has 0 N–H and O–H groups in total. The lowest BCUT2D eigenvalue weighted by molar-refractivity contribution is -0.150. The largest absolute Gasteiger partial charge is 0.469 e. The number of aryl methyl sites for hydroxylation is 1. The van der Waals surface area contributed by atoms with Gasteiger partial charge < -0.3 is 4.74 Å². The van der Waals surface area contributed by atoms with Crippen LogP contribution < -0.4 is 0 Å². The Morgan fingerprint density at radius 2 is 2.09 bits per heavy atom. The predicted octanol–water partition coefficient (Wildman–Crippen LogP) is 4.05. The number of halogens is 1. The van der Waals surface area contributed by atoms with Gasteiger partial charge in [0.2, 0.25) is 0 Å². The monoisotopic (exact) mass is 424 g/mol. The van der Waals surface area contributed by atoms with Gasteiger partial charge in [0.05, 0.1) is 13.0 Å². The van der Waals surface area contributed by atoms with Gasteiger partial charge in [0.25, 0.3) is 0 Å². The number of nitrogens with zero attached hydrogens (tertiary/aromatic N) is 1. The zero-order chi connectivity index (χ0) is 16.4. The second kappa shape index (κ2) is 7.34. The lowest BCUT2D eigenvalue weighted by Crippen LogP contribution is -2.50. The summed E-state index contributed by atoms with van der Waals surface area (Å²) in [7, 11) is 1.52. The molecule has 2 aliphatic rings. The molecule has 1 aromatic rings. The molecule has 2 bridgehead atoms. The van der Waals surface area contributed by atoms with Crippen LogP contribution >= 0.6 is 22.6 Å². The zero-order valence-corrected chi connectivity index (χ0v) is 15.9.